The third-order valence-electron chi connectivity index (χ3n) is 12.4. The normalized spacial score (nSPS) is 29.6. The van der Waals surface area contributed by atoms with Gasteiger partial charge in [-0.2, -0.15) is 13.2 Å². The number of nitrogens with one attached hydrogen (secondary N) is 1. The van der Waals surface area contributed by atoms with E-state index in [1.807, 2.05) is 19.1 Å². The van der Waals surface area contributed by atoms with E-state index in [4.69, 9.17) is 14.2 Å². The van der Waals surface area contributed by atoms with Crippen molar-refractivity contribution >= 4 is 44.4 Å². The number of amides is 2. The number of alkyl halides is 3. The molecule has 2 amide bonds. The average molecular weight is 835 g/mol. The van der Waals surface area contributed by atoms with Gasteiger partial charge in [-0.3, -0.25) is 23.9 Å². The second kappa shape index (κ2) is 16.1. The van der Waals surface area contributed by atoms with Crippen LogP contribution >= 0.6 is 0 Å². The van der Waals surface area contributed by atoms with Crippen molar-refractivity contribution in [1.82, 2.24) is 19.8 Å². The Morgan fingerprint density at radius 3 is 2.33 bits per heavy atom. The van der Waals surface area contributed by atoms with Crippen molar-refractivity contribution in [2.75, 3.05) is 13.2 Å². The Bertz CT molecular complexity index is 2070. The second-order valence-corrected chi connectivity index (χ2v) is 19.6. The van der Waals surface area contributed by atoms with Crippen molar-refractivity contribution < 1.29 is 55.0 Å². The minimum absolute atomic E-state index is 0.0120. The lowest BCUT2D eigenvalue weighted by atomic mass is 9.82. The number of rotatable bonds is 10. The maximum atomic E-state index is 14.8. The molecule has 2 aromatic rings. The summed E-state index contributed by atoms with van der Waals surface area (Å²) in [5, 5.41) is 9.62. The molecule has 318 valence electrons. The molecule has 58 heavy (non-hydrogen) atoms. The first-order chi connectivity index (χ1) is 27.1. The Kier molecular flexibility index (Phi) is 12.0. The number of sulfonamides is 1. The molecule has 0 radical (unpaired) electrons. The zero-order valence-corrected chi connectivity index (χ0v) is 34.6. The molecular weight excluding hydrogens is 782 g/mol. The highest BCUT2D eigenvalue weighted by Crippen LogP contribution is 2.58. The number of ether oxygens (including phenoxy) is 3. The molecule has 2 aliphatic carbocycles. The summed E-state index contributed by atoms with van der Waals surface area (Å²) in [4.78, 5) is 58.0. The number of esters is 1. The number of carbonyl (C=O) groups excluding carboxylic acids is 4. The molecule has 3 heterocycles. The quantitative estimate of drug-likeness (QED) is 0.212. The van der Waals surface area contributed by atoms with Gasteiger partial charge in [0.1, 0.15) is 6.10 Å². The number of benzene rings is 1. The third-order valence-corrected chi connectivity index (χ3v) is 14.6. The number of allylic oxidation sites excluding steroid dienone is 2. The van der Waals surface area contributed by atoms with Gasteiger partial charge in [-0.15, -0.1) is 10.2 Å². The van der Waals surface area contributed by atoms with Gasteiger partial charge >= 0.3 is 12.1 Å². The van der Waals surface area contributed by atoms with Gasteiger partial charge < -0.3 is 19.1 Å². The molecule has 2 saturated carbocycles. The Labute approximate surface area is 336 Å². The van der Waals surface area contributed by atoms with E-state index in [1.54, 1.807) is 45.0 Å². The molecule has 1 N–H and O–H groups in total. The molecule has 2 aliphatic heterocycles. The van der Waals surface area contributed by atoms with E-state index in [0.717, 1.165) is 13.8 Å². The van der Waals surface area contributed by atoms with E-state index in [9.17, 15) is 40.8 Å². The molecule has 4 aliphatic rings. The molecule has 3 fully saturated rings. The molecule has 0 bridgehead atoms. The summed E-state index contributed by atoms with van der Waals surface area (Å²) in [6.07, 6.45) is -0.343. The summed E-state index contributed by atoms with van der Waals surface area (Å²) < 4.78 is 85.9. The van der Waals surface area contributed by atoms with Crippen molar-refractivity contribution in [3.05, 3.63) is 36.4 Å². The van der Waals surface area contributed by atoms with E-state index in [1.165, 1.54) is 4.90 Å². The number of ketones is 1. The SMILES string of the molecule is CCOc1nnc(O[C@@H]2C[C@H]3C(=O)C[C@]4(C(=O)NS(=O)(=O)C5(C)CC5)C[C@H]4/C=C\CC[C@@H](C)C[C@@H](C)[C@H](CC(=O)OC(C)(C)C(F)(F)F)C(=O)N3C2)c2ccccc12. The summed E-state index contributed by atoms with van der Waals surface area (Å²) >= 11 is 0. The van der Waals surface area contributed by atoms with Crippen LogP contribution in [0.3, 0.4) is 0 Å². The molecule has 6 rings (SSSR count). The number of aromatic nitrogens is 2. The van der Waals surface area contributed by atoms with Crippen molar-refractivity contribution in [2.45, 2.75) is 128 Å². The van der Waals surface area contributed by atoms with Gasteiger partial charge in [-0.05, 0) is 96.1 Å². The Morgan fingerprint density at radius 1 is 1.03 bits per heavy atom. The third kappa shape index (κ3) is 8.83. The number of fused-ring (bicyclic) bond motifs is 3. The Hall–Kier alpha value is -4.28. The summed E-state index contributed by atoms with van der Waals surface area (Å²) in [6, 6.07) is 5.93. The van der Waals surface area contributed by atoms with Gasteiger partial charge in [0.2, 0.25) is 39.2 Å². The lowest BCUT2D eigenvalue weighted by molar-refractivity contribution is -0.257. The maximum absolute atomic E-state index is 14.8. The Balaban J connectivity index is 1.36. The van der Waals surface area contributed by atoms with E-state index in [2.05, 4.69) is 14.9 Å². The van der Waals surface area contributed by atoms with Crippen molar-refractivity contribution in [2.24, 2.45) is 29.1 Å². The first kappa shape index (κ1) is 43.3. The van der Waals surface area contributed by atoms with Crippen LogP contribution in [0.5, 0.6) is 11.8 Å². The number of halogens is 3. The van der Waals surface area contributed by atoms with Crippen LogP contribution in [0.25, 0.3) is 10.8 Å². The highest BCUT2D eigenvalue weighted by atomic mass is 32.2. The smallest absolute Gasteiger partial charge is 0.427 e. The summed E-state index contributed by atoms with van der Waals surface area (Å²) in [7, 11) is -4.03. The number of nitrogens with zero attached hydrogens (tertiary/aromatic N) is 3. The van der Waals surface area contributed by atoms with Crippen LogP contribution in [-0.4, -0.2) is 88.9 Å². The van der Waals surface area contributed by atoms with Gasteiger partial charge in [0, 0.05) is 12.8 Å². The molecule has 1 aromatic heterocycles. The van der Waals surface area contributed by atoms with Crippen LogP contribution < -0.4 is 14.2 Å². The van der Waals surface area contributed by atoms with Crippen LogP contribution in [0.15, 0.2) is 36.4 Å². The summed E-state index contributed by atoms with van der Waals surface area (Å²) in [5.74, 6) is -4.85. The molecule has 0 unspecified atom stereocenters. The number of hydrogen-bond donors (Lipinski definition) is 1. The first-order valence-corrected chi connectivity index (χ1v) is 21.5. The highest BCUT2D eigenvalue weighted by Gasteiger charge is 2.63. The molecule has 13 nitrogen and oxygen atoms in total. The average Bonchev–Trinajstić information content (AvgIpc) is 4.02. The van der Waals surface area contributed by atoms with Gasteiger partial charge in [0.25, 0.3) is 0 Å². The molecule has 1 saturated heterocycles. The fraction of sp³-hybridized carbons (Fsp3) is 0.659. The van der Waals surface area contributed by atoms with E-state index < -0.39 is 91.8 Å². The minimum atomic E-state index is -4.87. The van der Waals surface area contributed by atoms with Gasteiger partial charge in [0.05, 0.1) is 52.5 Å². The van der Waals surface area contributed by atoms with Crippen LogP contribution in [0, 0.1) is 29.1 Å². The van der Waals surface area contributed by atoms with Crippen LogP contribution in [0.2, 0.25) is 0 Å². The van der Waals surface area contributed by atoms with Gasteiger partial charge in [0.15, 0.2) is 5.78 Å². The maximum Gasteiger partial charge on any atom is 0.427 e. The molecular formula is C41H53F3N4O9S. The standard InChI is InChI=1S/C41H53F3N4O9S/c1-7-55-34-28-14-10-11-15-29(28)35(46-45-34)56-27-19-31-32(49)22-40(37(52)47-58(53,54)39(6)16-17-39)21-26(40)13-9-8-12-24(2)18-25(3)30(36(51)48(31)23-27)20-33(50)57-38(4,5)41(42,43)44/h9-11,13-15,24-27,30-31H,7-8,12,16-23H2,1-6H3,(H,47,52)/b13-9-/t24-,25-,26-,27-,30+,31+,40-/m1/s1. The van der Waals surface area contributed by atoms with Crippen molar-refractivity contribution in [1.29, 1.82) is 0 Å². The monoisotopic (exact) mass is 834 g/mol. The van der Waals surface area contributed by atoms with E-state index in [0.29, 0.717) is 49.5 Å². The van der Waals surface area contributed by atoms with E-state index in [-0.39, 0.29) is 43.5 Å². The fourth-order valence-corrected chi connectivity index (χ4v) is 9.53. The summed E-state index contributed by atoms with van der Waals surface area (Å²) in [6.45, 7) is 8.75. The zero-order valence-electron chi connectivity index (χ0n) is 33.8. The zero-order chi connectivity index (χ0) is 42.4. The second-order valence-electron chi connectivity index (χ2n) is 17.4. The highest BCUT2D eigenvalue weighted by molar-refractivity contribution is 7.91. The number of Topliss-reactive ketones (excluding diaryl/α,β-unsaturated/α-hetero) is 1. The lowest BCUT2D eigenvalue weighted by Gasteiger charge is -2.33. The topological polar surface area (TPSA) is 171 Å². The van der Waals surface area contributed by atoms with Crippen molar-refractivity contribution in [3.8, 4) is 11.8 Å². The van der Waals surface area contributed by atoms with Gasteiger partial charge in [-0.1, -0.05) is 38.1 Å². The number of carbonyl (C=O) groups is 4. The predicted molar refractivity (Wildman–Crippen MR) is 206 cm³/mol. The summed E-state index contributed by atoms with van der Waals surface area (Å²) in [5.41, 5.74) is -4.20. The van der Waals surface area contributed by atoms with Crippen LogP contribution in [-0.2, 0) is 33.9 Å². The molecule has 1 aromatic carbocycles. The fourth-order valence-electron chi connectivity index (χ4n) is 8.19. The predicted octanol–water partition coefficient (Wildman–Crippen LogP) is 6.24. The first-order valence-electron chi connectivity index (χ1n) is 20.0. The van der Waals surface area contributed by atoms with Crippen LogP contribution in [0.4, 0.5) is 13.2 Å². The largest absolute Gasteiger partial charge is 0.476 e. The van der Waals surface area contributed by atoms with Crippen molar-refractivity contribution in [3.63, 3.8) is 0 Å². The number of hydrogen-bond acceptors (Lipinski definition) is 11. The molecule has 7 atom stereocenters. The minimum Gasteiger partial charge on any atom is -0.476 e. The Morgan fingerprint density at radius 2 is 1.69 bits per heavy atom. The van der Waals surface area contributed by atoms with E-state index >= 15 is 0 Å². The lowest BCUT2D eigenvalue weighted by Crippen LogP contribution is -2.48. The van der Waals surface area contributed by atoms with Crippen LogP contribution in [0.1, 0.15) is 99.3 Å². The van der Waals surface area contributed by atoms with Gasteiger partial charge in [-0.25, -0.2) is 8.42 Å². The molecule has 17 heteroatoms. The molecule has 0 spiro atoms.